The van der Waals surface area contributed by atoms with Gasteiger partial charge in [-0.25, -0.2) is 9.97 Å². The van der Waals surface area contributed by atoms with E-state index in [1.54, 1.807) is 6.33 Å². The molecular weight excluding hydrogens is 242 g/mol. The molecule has 0 aliphatic rings. The molecule has 0 aliphatic carbocycles. The fourth-order valence-electron chi connectivity index (χ4n) is 1.37. The number of fused-ring (bicyclic) bond motifs is 1. The number of halogens is 1. The van der Waals surface area contributed by atoms with Crippen LogP contribution in [0.15, 0.2) is 29.0 Å². The molecule has 0 unspecified atom stereocenters. The van der Waals surface area contributed by atoms with Crippen LogP contribution in [-0.4, -0.2) is 24.1 Å². The van der Waals surface area contributed by atoms with Crippen molar-refractivity contribution in [2.24, 2.45) is 0 Å². The van der Waals surface area contributed by atoms with Gasteiger partial charge in [0.2, 0.25) is 0 Å². The second-order valence-electron chi connectivity index (χ2n) is 3.25. The lowest BCUT2D eigenvalue weighted by atomic mass is 10.2. The minimum Gasteiger partial charge on any atom is -0.362 e. The van der Waals surface area contributed by atoms with Gasteiger partial charge in [-0.15, -0.1) is 0 Å². The fraction of sp³-hybridized carbons (Fsp3) is 0.200. The molecular formula is C10H10BrN3. The predicted octanol–water partition coefficient (Wildman–Crippen LogP) is 2.46. The van der Waals surface area contributed by atoms with Gasteiger partial charge in [0.1, 0.15) is 12.1 Å². The largest absolute Gasteiger partial charge is 0.362 e. The molecule has 0 saturated heterocycles. The summed E-state index contributed by atoms with van der Waals surface area (Å²) in [5, 5.41) is 1.07. The van der Waals surface area contributed by atoms with Gasteiger partial charge in [-0.3, -0.25) is 0 Å². The molecule has 0 bridgehead atoms. The molecule has 1 aromatic carbocycles. The summed E-state index contributed by atoms with van der Waals surface area (Å²) >= 11 is 3.42. The number of benzene rings is 1. The van der Waals surface area contributed by atoms with E-state index in [1.165, 1.54) is 0 Å². The summed E-state index contributed by atoms with van der Waals surface area (Å²) in [4.78, 5) is 10.4. The highest BCUT2D eigenvalue weighted by molar-refractivity contribution is 9.10. The van der Waals surface area contributed by atoms with E-state index in [1.807, 2.05) is 37.2 Å². The highest BCUT2D eigenvalue weighted by Gasteiger charge is 2.04. The normalized spacial score (nSPS) is 10.5. The minimum absolute atomic E-state index is 0.947. The fourth-order valence-corrected chi connectivity index (χ4v) is 1.72. The van der Waals surface area contributed by atoms with Gasteiger partial charge in [0.15, 0.2) is 0 Å². The van der Waals surface area contributed by atoms with Gasteiger partial charge in [0.25, 0.3) is 0 Å². The Bertz CT molecular complexity index is 468. The molecule has 0 radical (unpaired) electrons. The third-order valence-corrected chi connectivity index (χ3v) is 2.49. The first-order chi connectivity index (χ1) is 6.68. The van der Waals surface area contributed by atoms with Crippen molar-refractivity contribution >= 4 is 32.7 Å². The van der Waals surface area contributed by atoms with Gasteiger partial charge in [0, 0.05) is 24.0 Å². The van der Waals surface area contributed by atoms with E-state index >= 15 is 0 Å². The van der Waals surface area contributed by atoms with Crippen LogP contribution in [0, 0.1) is 0 Å². The van der Waals surface area contributed by atoms with Crippen LogP contribution < -0.4 is 4.90 Å². The second-order valence-corrected chi connectivity index (χ2v) is 4.17. The first kappa shape index (κ1) is 9.40. The summed E-state index contributed by atoms with van der Waals surface area (Å²) < 4.78 is 1.04. The standard InChI is InChI=1S/C10H10BrN3/c1-14(2)10-8-4-3-7(11)5-9(8)12-6-13-10/h3-6H,1-2H3. The lowest BCUT2D eigenvalue weighted by Gasteiger charge is -2.12. The quantitative estimate of drug-likeness (QED) is 0.780. The molecule has 0 aliphatic heterocycles. The Morgan fingerprint density at radius 3 is 2.71 bits per heavy atom. The van der Waals surface area contributed by atoms with Crippen LogP contribution in [-0.2, 0) is 0 Å². The van der Waals surface area contributed by atoms with Crippen LogP contribution in [0.25, 0.3) is 10.9 Å². The summed E-state index contributed by atoms with van der Waals surface area (Å²) in [5.74, 6) is 0.947. The average Bonchev–Trinajstić information content (AvgIpc) is 2.16. The average molecular weight is 252 g/mol. The Balaban J connectivity index is 2.75. The van der Waals surface area contributed by atoms with Gasteiger partial charge in [-0.1, -0.05) is 15.9 Å². The van der Waals surface area contributed by atoms with Crippen molar-refractivity contribution in [2.75, 3.05) is 19.0 Å². The number of hydrogen-bond acceptors (Lipinski definition) is 3. The van der Waals surface area contributed by atoms with Crippen LogP contribution in [0.4, 0.5) is 5.82 Å². The Hall–Kier alpha value is -1.16. The molecule has 0 spiro atoms. The van der Waals surface area contributed by atoms with E-state index in [9.17, 15) is 0 Å². The lowest BCUT2D eigenvalue weighted by molar-refractivity contribution is 1.06. The summed E-state index contributed by atoms with van der Waals surface area (Å²) in [6.07, 6.45) is 1.59. The van der Waals surface area contributed by atoms with Crippen molar-refractivity contribution in [3.05, 3.63) is 29.0 Å². The van der Waals surface area contributed by atoms with Gasteiger partial charge in [0.05, 0.1) is 5.52 Å². The smallest absolute Gasteiger partial charge is 0.139 e. The van der Waals surface area contributed by atoms with Crippen molar-refractivity contribution in [1.29, 1.82) is 0 Å². The zero-order valence-electron chi connectivity index (χ0n) is 8.03. The monoisotopic (exact) mass is 251 g/mol. The molecule has 2 aromatic rings. The van der Waals surface area contributed by atoms with Crippen LogP contribution in [0.2, 0.25) is 0 Å². The Kier molecular flexibility index (Phi) is 2.37. The molecule has 2 rings (SSSR count). The maximum Gasteiger partial charge on any atom is 0.139 e. The minimum atomic E-state index is 0.947. The van der Waals surface area contributed by atoms with E-state index < -0.39 is 0 Å². The molecule has 0 amide bonds. The highest BCUT2D eigenvalue weighted by Crippen LogP contribution is 2.23. The molecule has 72 valence electrons. The number of rotatable bonds is 1. The third-order valence-electron chi connectivity index (χ3n) is 2.00. The van der Waals surface area contributed by atoms with E-state index in [0.717, 1.165) is 21.2 Å². The molecule has 3 nitrogen and oxygen atoms in total. The van der Waals surface area contributed by atoms with Crippen molar-refractivity contribution in [3.8, 4) is 0 Å². The van der Waals surface area contributed by atoms with Crippen molar-refractivity contribution in [2.45, 2.75) is 0 Å². The molecule has 14 heavy (non-hydrogen) atoms. The molecule has 1 aromatic heterocycles. The molecule has 4 heteroatoms. The number of anilines is 1. The molecule has 0 N–H and O–H groups in total. The van der Waals surface area contributed by atoms with Crippen molar-refractivity contribution in [1.82, 2.24) is 9.97 Å². The maximum absolute atomic E-state index is 4.24. The van der Waals surface area contributed by atoms with Gasteiger partial charge >= 0.3 is 0 Å². The van der Waals surface area contributed by atoms with Crippen LogP contribution >= 0.6 is 15.9 Å². The number of aromatic nitrogens is 2. The Morgan fingerprint density at radius 1 is 1.21 bits per heavy atom. The third kappa shape index (κ3) is 1.57. The van der Waals surface area contributed by atoms with Crippen molar-refractivity contribution in [3.63, 3.8) is 0 Å². The van der Waals surface area contributed by atoms with Crippen molar-refractivity contribution < 1.29 is 0 Å². The second kappa shape index (κ2) is 3.53. The van der Waals surface area contributed by atoms with Crippen LogP contribution in [0.5, 0.6) is 0 Å². The Labute approximate surface area is 90.9 Å². The van der Waals surface area contributed by atoms with Gasteiger partial charge in [-0.2, -0.15) is 0 Å². The summed E-state index contributed by atoms with van der Waals surface area (Å²) in [6.45, 7) is 0. The predicted molar refractivity (Wildman–Crippen MR) is 61.6 cm³/mol. The zero-order valence-corrected chi connectivity index (χ0v) is 9.62. The maximum atomic E-state index is 4.24. The van der Waals surface area contributed by atoms with Gasteiger partial charge < -0.3 is 4.90 Å². The first-order valence-electron chi connectivity index (χ1n) is 4.26. The van der Waals surface area contributed by atoms with E-state index in [0.29, 0.717) is 0 Å². The van der Waals surface area contributed by atoms with Gasteiger partial charge in [-0.05, 0) is 18.2 Å². The highest BCUT2D eigenvalue weighted by atomic mass is 79.9. The zero-order chi connectivity index (χ0) is 10.1. The van der Waals surface area contributed by atoms with Crippen LogP contribution in [0.1, 0.15) is 0 Å². The molecule has 1 heterocycles. The molecule has 0 atom stereocenters. The topological polar surface area (TPSA) is 29.0 Å². The summed E-state index contributed by atoms with van der Waals surface area (Å²) in [6, 6.07) is 6.01. The van der Waals surface area contributed by atoms with E-state index in [-0.39, 0.29) is 0 Å². The lowest BCUT2D eigenvalue weighted by Crippen LogP contribution is -2.11. The van der Waals surface area contributed by atoms with E-state index in [4.69, 9.17) is 0 Å². The molecule has 0 saturated carbocycles. The Morgan fingerprint density at radius 2 is 2.00 bits per heavy atom. The van der Waals surface area contributed by atoms with Crippen LogP contribution in [0.3, 0.4) is 0 Å². The number of hydrogen-bond donors (Lipinski definition) is 0. The summed E-state index contributed by atoms with van der Waals surface area (Å²) in [7, 11) is 3.95. The number of nitrogens with zero attached hydrogens (tertiary/aromatic N) is 3. The summed E-state index contributed by atoms with van der Waals surface area (Å²) in [5.41, 5.74) is 0.957. The first-order valence-corrected chi connectivity index (χ1v) is 5.05. The molecule has 0 fully saturated rings. The SMILES string of the molecule is CN(C)c1ncnc2cc(Br)ccc12. The van der Waals surface area contributed by atoms with E-state index in [2.05, 4.69) is 25.9 Å².